The fourth-order valence-electron chi connectivity index (χ4n) is 3.86. The molecule has 0 spiro atoms. The van der Waals surface area contributed by atoms with Crippen molar-refractivity contribution in [3.05, 3.63) is 0 Å². The minimum Gasteiger partial charge on any atom is -0.354 e. The van der Waals surface area contributed by atoms with Crippen LogP contribution in [-0.4, -0.2) is 34.4 Å². The predicted molar refractivity (Wildman–Crippen MR) is 75.6 cm³/mol. The average Bonchev–Trinajstić information content (AvgIpc) is 2.93. The minimum absolute atomic E-state index is 0.594. The first-order chi connectivity index (χ1) is 9.42. The fraction of sp³-hybridized carbons (Fsp3) is 0.857. The molecule has 0 radical (unpaired) electrons. The van der Waals surface area contributed by atoms with Crippen molar-refractivity contribution in [3.63, 3.8) is 0 Å². The quantitative estimate of drug-likeness (QED) is 0.843. The highest BCUT2D eigenvalue weighted by Gasteiger charge is 2.34. The zero-order valence-electron chi connectivity index (χ0n) is 11.5. The smallest absolute Gasteiger partial charge is 0.246 e. The van der Waals surface area contributed by atoms with Crippen molar-refractivity contribution in [1.82, 2.24) is 14.8 Å². The number of aromatic nitrogens is 3. The van der Waals surface area contributed by atoms with Gasteiger partial charge >= 0.3 is 0 Å². The highest BCUT2D eigenvalue weighted by molar-refractivity contribution is 5.40. The summed E-state index contributed by atoms with van der Waals surface area (Å²) in [6.45, 7) is 3.33. The Morgan fingerprint density at radius 2 is 1.84 bits per heavy atom. The van der Waals surface area contributed by atoms with Crippen molar-refractivity contribution in [2.75, 3.05) is 29.9 Å². The Morgan fingerprint density at radius 3 is 2.74 bits per heavy atom. The highest BCUT2D eigenvalue weighted by atomic mass is 15.5. The van der Waals surface area contributed by atoms with E-state index in [1.165, 1.54) is 44.9 Å². The molecule has 0 aromatic carbocycles. The normalized spacial score (nSPS) is 30.4. The number of hydrogen-bond acceptors (Lipinski definition) is 4. The monoisotopic (exact) mass is 261 g/mol. The topological polar surface area (TPSA) is 46.0 Å². The second kappa shape index (κ2) is 4.69. The molecule has 19 heavy (non-hydrogen) atoms. The molecular weight excluding hydrogens is 238 g/mol. The zero-order chi connectivity index (χ0) is 12.7. The van der Waals surface area contributed by atoms with Crippen molar-refractivity contribution in [2.45, 2.75) is 51.0 Å². The predicted octanol–water partition coefficient (Wildman–Crippen LogP) is 2.43. The van der Waals surface area contributed by atoms with E-state index in [9.17, 15) is 0 Å². The standard InChI is InChI=1S/C14H23N5/c1-4-8-18(9-5-1)14-16-13-15-10-11-6-2-3-7-12(11)19(13)17-14/h11-12H,1-10H2,(H,15,16,17). The van der Waals surface area contributed by atoms with Gasteiger partial charge in [0.05, 0.1) is 6.04 Å². The molecule has 1 aromatic rings. The van der Waals surface area contributed by atoms with Crippen molar-refractivity contribution in [1.29, 1.82) is 0 Å². The van der Waals surface area contributed by atoms with Gasteiger partial charge in [-0.05, 0) is 38.0 Å². The van der Waals surface area contributed by atoms with Crippen LogP contribution in [0.4, 0.5) is 11.9 Å². The molecule has 2 aliphatic heterocycles. The van der Waals surface area contributed by atoms with E-state index < -0.39 is 0 Å². The van der Waals surface area contributed by atoms with Gasteiger partial charge in [-0.1, -0.05) is 12.8 Å². The highest BCUT2D eigenvalue weighted by Crippen LogP contribution is 2.38. The molecule has 104 valence electrons. The van der Waals surface area contributed by atoms with Crippen LogP contribution in [0.2, 0.25) is 0 Å². The lowest BCUT2D eigenvalue weighted by Gasteiger charge is -2.35. The molecule has 4 rings (SSSR count). The van der Waals surface area contributed by atoms with E-state index in [4.69, 9.17) is 10.1 Å². The molecule has 3 heterocycles. The number of nitrogens with one attached hydrogen (secondary N) is 1. The first-order valence-electron chi connectivity index (χ1n) is 7.87. The summed E-state index contributed by atoms with van der Waals surface area (Å²) in [6.07, 6.45) is 9.27. The van der Waals surface area contributed by atoms with E-state index >= 15 is 0 Å². The Kier molecular flexibility index (Phi) is 2.85. The Hall–Kier alpha value is -1.26. The second-order valence-corrected chi connectivity index (χ2v) is 6.22. The molecule has 5 nitrogen and oxygen atoms in total. The summed E-state index contributed by atoms with van der Waals surface area (Å²) in [5, 5.41) is 8.31. The number of nitrogens with zero attached hydrogens (tertiary/aromatic N) is 4. The molecule has 0 amide bonds. The van der Waals surface area contributed by atoms with Crippen LogP contribution in [0.1, 0.15) is 51.0 Å². The molecule has 1 saturated carbocycles. The lowest BCUT2D eigenvalue weighted by Crippen LogP contribution is -2.35. The molecule has 2 unspecified atom stereocenters. The van der Waals surface area contributed by atoms with E-state index in [2.05, 4.69) is 14.9 Å². The van der Waals surface area contributed by atoms with Crippen LogP contribution in [0.5, 0.6) is 0 Å². The van der Waals surface area contributed by atoms with Gasteiger partial charge in [-0.25, -0.2) is 4.68 Å². The fourth-order valence-corrected chi connectivity index (χ4v) is 3.86. The van der Waals surface area contributed by atoms with Crippen LogP contribution >= 0.6 is 0 Å². The summed E-state index contributed by atoms with van der Waals surface area (Å²) in [5.41, 5.74) is 0. The van der Waals surface area contributed by atoms with Crippen LogP contribution in [0.25, 0.3) is 0 Å². The maximum Gasteiger partial charge on any atom is 0.246 e. The molecule has 1 aliphatic carbocycles. The summed E-state index contributed by atoms with van der Waals surface area (Å²) in [5.74, 6) is 2.72. The molecule has 2 fully saturated rings. The minimum atomic E-state index is 0.594. The SMILES string of the molecule is C1CCN(c2nc3n(n2)C2CCCCC2CN3)CC1. The first-order valence-corrected chi connectivity index (χ1v) is 7.87. The molecule has 0 bridgehead atoms. The van der Waals surface area contributed by atoms with Crippen molar-refractivity contribution in [3.8, 4) is 0 Å². The molecule has 1 aromatic heterocycles. The van der Waals surface area contributed by atoms with Gasteiger partial charge < -0.3 is 10.2 Å². The van der Waals surface area contributed by atoms with E-state index in [0.717, 1.165) is 37.4 Å². The summed E-state index contributed by atoms with van der Waals surface area (Å²) in [6, 6.07) is 0.594. The van der Waals surface area contributed by atoms with Crippen LogP contribution in [0.3, 0.4) is 0 Å². The van der Waals surface area contributed by atoms with E-state index in [0.29, 0.717) is 6.04 Å². The molecular formula is C14H23N5. The number of anilines is 2. The second-order valence-electron chi connectivity index (χ2n) is 6.22. The van der Waals surface area contributed by atoms with Gasteiger partial charge in [0.15, 0.2) is 0 Å². The van der Waals surface area contributed by atoms with Gasteiger partial charge in [-0.15, -0.1) is 5.10 Å². The van der Waals surface area contributed by atoms with Gasteiger partial charge in [0.1, 0.15) is 0 Å². The number of rotatable bonds is 1. The van der Waals surface area contributed by atoms with E-state index in [-0.39, 0.29) is 0 Å². The van der Waals surface area contributed by atoms with Crippen LogP contribution in [-0.2, 0) is 0 Å². The van der Waals surface area contributed by atoms with Crippen molar-refractivity contribution >= 4 is 11.9 Å². The van der Waals surface area contributed by atoms with Gasteiger partial charge in [0.2, 0.25) is 11.9 Å². The molecule has 2 atom stereocenters. The van der Waals surface area contributed by atoms with Crippen LogP contribution in [0.15, 0.2) is 0 Å². The number of hydrogen-bond donors (Lipinski definition) is 1. The third kappa shape index (κ3) is 1.99. The Labute approximate surface area is 114 Å². The Balaban J connectivity index is 1.61. The van der Waals surface area contributed by atoms with E-state index in [1.54, 1.807) is 0 Å². The average molecular weight is 261 g/mol. The Morgan fingerprint density at radius 1 is 1.00 bits per heavy atom. The third-order valence-electron chi connectivity index (χ3n) is 4.96. The molecule has 5 heteroatoms. The van der Waals surface area contributed by atoms with Gasteiger partial charge in [-0.2, -0.15) is 4.98 Å². The lowest BCUT2D eigenvalue weighted by molar-refractivity contribution is 0.222. The summed E-state index contributed by atoms with van der Waals surface area (Å²) >= 11 is 0. The van der Waals surface area contributed by atoms with Crippen LogP contribution in [0, 0.1) is 5.92 Å². The Bertz CT molecular complexity index is 449. The number of fused-ring (bicyclic) bond motifs is 3. The van der Waals surface area contributed by atoms with Crippen molar-refractivity contribution < 1.29 is 0 Å². The molecule has 1 saturated heterocycles. The summed E-state index contributed by atoms with van der Waals surface area (Å²) in [7, 11) is 0. The van der Waals surface area contributed by atoms with Crippen LogP contribution < -0.4 is 10.2 Å². The summed E-state index contributed by atoms with van der Waals surface area (Å²) in [4.78, 5) is 7.09. The lowest BCUT2D eigenvalue weighted by atomic mass is 9.84. The molecule has 1 N–H and O–H groups in total. The van der Waals surface area contributed by atoms with E-state index in [1.807, 2.05) is 0 Å². The van der Waals surface area contributed by atoms with Crippen molar-refractivity contribution in [2.24, 2.45) is 5.92 Å². The zero-order valence-corrected chi connectivity index (χ0v) is 11.5. The molecule has 3 aliphatic rings. The first kappa shape index (κ1) is 11.6. The third-order valence-corrected chi connectivity index (χ3v) is 4.96. The van der Waals surface area contributed by atoms with Gasteiger partial charge in [-0.3, -0.25) is 0 Å². The maximum absolute atomic E-state index is 4.83. The number of piperidine rings is 1. The van der Waals surface area contributed by atoms with Gasteiger partial charge in [0.25, 0.3) is 0 Å². The van der Waals surface area contributed by atoms with Gasteiger partial charge in [0, 0.05) is 19.6 Å². The maximum atomic E-state index is 4.83. The largest absolute Gasteiger partial charge is 0.354 e. The summed E-state index contributed by atoms with van der Waals surface area (Å²) < 4.78 is 2.19.